The predicted octanol–water partition coefficient (Wildman–Crippen LogP) is 0.674. The quantitative estimate of drug-likeness (QED) is 0.834. The summed E-state index contributed by atoms with van der Waals surface area (Å²) in [5.41, 5.74) is 0. The first-order chi connectivity index (χ1) is 11.2. The highest BCUT2D eigenvalue weighted by atomic mass is 16.5. The van der Waals surface area contributed by atoms with Gasteiger partial charge in [-0.15, -0.1) is 0 Å². The van der Waals surface area contributed by atoms with Crippen LogP contribution in [-0.4, -0.2) is 64.0 Å². The van der Waals surface area contributed by atoms with Crippen LogP contribution >= 0.6 is 0 Å². The number of carbonyl (C=O) groups excluding carboxylic acids is 1. The summed E-state index contributed by atoms with van der Waals surface area (Å²) in [5, 5.41) is 7.23. The number of nitrogens with zero attached hydrogens (tertiary/aromatic N) is 4. The Morgan fingerprint density at radius 1 is 1.43 bits per heavy atom. The van der Waals surface area contributed by atoms with E-state index in [1.54, 1.807) is 12.7 Å². The van der Waals surface area contributed by atoms with Gasteiger partial charge in [0.2, 0.25) is 5.91 Å². The van der Waals surface area contributed by atoms with Crippen molar-refractivity contribution in [3.63, 3.8) is 0 Å². The van der Waals surface area contributed by atoms with E-state index in [2.05, 4.69) is 20.3 Å². The van der Waals surface area contributed by atoms with Crippen molar-refractivity contribution in [2.45, 2.75) is 51.3 Å². The molecule has 3 rings (SSSR count). The molecule has 0 aromatic carbocycles. The molecule has 2 fully saturated rings. The molecule has 0 bridgehead atoms. The van der Waals surface area contributed by atoms with Crippen LogP contribution in [0.25, 0.3) is 0 Å². The molecule has 0 aliphatic carbocycles. The van der Waals surface area contributed by atoms with Crippen molar-refractivity contribution < 1.29 is 9.53 Å². The number of hydrogen-bond acceptors (Lipinski definition) is 5. The molecule has 2 aliphatic rings. The molecule has 0 unspecified atom stereocenters. The van der Waals surface area contributed by atoms with E-state index in [4.69, 9.17) is 4.74 Å². The van der Waals surface area contributed by atoms with Gasteiger partial charge in [-0.1, -0.05) is 0 Å². The second kappa shape index (κ2) is 7.88. The lowest BCUT2D eigenvalue weighted by molar-refractivity contribution is -0.127. The average molecular weight is 321 g/mol. The zero-order valence-corrected chi connectivity index (χ0v) is 13.9. The third kappa shape index (κ3) is 4.51. The topological polar surface area (TPSA) is 72.3 Å². The molecule has 3 heterocycles. The number of ether oxygens (including phenoxy) is 1. The molecule has 1 aromatic heterocycles. The van der Waals surface area contributed by atoms with Gasteiger partial charge in [-0.05, 0) is 45.1 Å². The molecule has 1 aromatic rings. The SMILES string of the molecule is C[C@H](C(=O)NC[C@H]1CCCO1)N1CCC[C@@H](Cn2cncn2)C1. The summed E-state index contributed by atoms with van der Waals surface area (Å²) in [6.07, 6.45) is 8.00. The largest absolute Gasteiger partial charge is 0.376 e. The summed E-state index contributed by atoms with van der Waals surface area (Å²) >= 11 is 0. The minimum absolute atomic E-state index is 0.0880. The molecule has 2 aliphatic heterocycles. The molecule has 0 saturated carbocycles. The summed E-state index contributed by atoms with van der Waals surface area (Å²) in [4.78, 5) is 18.7. The Bertz CT molecular complexity index is 487. The van der Waals surface area contributed by atoms with Crippen LogP contribution in [0.3, 0.4) is 0 Å². The molecular weight excluding hydrogens is 294 g/mol. The molecule has 7 heteroatoms. The third-order valence-electron chi connectivity index (χ3n) is 4.92. The van der Waals surface area contributed by atoms with Crippen molar-refractivity contribution in [1.29, 1.82) is 0 Å². The van der Waals surface area contributed by atoms with Crippen LogP contribution in [-0.2, 0) is 16.1 Å². The Morgan fingerprint density at radius 2 is 2.35 bits per heavy atom. The van der Waals surface area contributed by atoms with Crippen LogP contribution in [0, 0.1) is 5.92 Å². The van der Waals surface area contributed by atoms with Crippen molar-refractivity contribution >= 4 is 5.91 Å². The lowest BCUT2D eigenvalue weighted by Crippen LogP contribution is -2.50. The summed E-state index contributed by atoms with van der Waals surface area (Å²) in [5.74, 6) is 0.640. The number of aromatic nitrogens is 3. The zero-order valence-electron chi connectivity index (χ0n) is 13.9. The van der Waals surface area contributed by atoms with Gasteiger partial charge in [0.15, 0.2) is 0 Å². The Morgan fingerprint density at radius 3 is 3.09 bits per heavy atom. The third-order valence-corrected chi connectivity index (χ3v) is 4.92. The number of piperidine rings is 1. The highest BCUT2D eigenvalue weighted by molar-refractivity contribution is 5.81. The van der Waals surface area contributed by atoms with Crippen LogP contribution in [0.1, 0.15) is 32.6 Å². The number of nitrogens with one attached hydrogen (secondary N) is 1. The van der Waals surface area contributed by atoms with Gasteiger partial charge < -0.3 is 10.1 Å². The first-order valence-corrected chi connectivity index (χ1v) is 8.68. The van der Waals surface area contributed by atoms with Gasteiger partial charge in [0.05, 0.1) is 12.1 Å². The van der Waals surface area contributed by atoms with E-state index >= 15 is 0 Å². The summed E-state index contributed by atoms with van der Waals surface area (Å²) in [6, 6.07) is -0.0880. The molecule has 128 valence electrons. The zero-order chi connectivity index (χ0) is 16.1. The maximum absolute atomic E-state index is 12.4. The lowest BCUT2D eigenvalue weighted by Gasteiger charge is -2.36. The Labute approximate surface area is 137 Å². The van der Waals surface area contributed by atoms with Gasteiger partial charge in [-0.2, -0.15) is 5.10 Å². The van der Waals surface area contributed by atoms with Crippen LogP contribution in [0.5, 0.6) is 0 Å². The minimum Gasteiger partial charge on any atom is -0.376 e. The van der Waals surface area contributed by atoms with Crippen molar-refractivity contribution in [3.8, 4) is 0 Å². The van der Waals surface area contributed by atoms with Gasteiger partial charge in [-0.25, -0.2) is 4.98 Å². The van der Waals surface area contributed by atoms with E-state index in [1.165, 1.54) is 6.42 Å². The van der Waals surface area contributed by atoms with Crippen molar-refractivity contribution in [2.24, 2.45) is 5.92 Å². The van der Waals surface area contributed by atoms with E-state index in [0.29, 0.717) is 12.5 Å². The summed E-state index contributed by atoms with van der Waals surface area (Å²) in [7, 11) is 0. The Kier molecular flexibility index (Phi) is 5.61. The van der Waals surface area contributed by atoms with Crippen molar-refractivity contribution in [2.75, 3.05) is 26.2 Å². The van der Waals surface area contributed by atoms with Crippen molar-refractivity contribution in [1.82, 2.24) is 25.0 Å². The van der Waals surface area contributed by atoms with E-state index < -0.39 is 0 Å². The Hall–Kier alpha value is -1.47. The molecule has 0 radical (unpaired) electrons. The van der Waals surface area contributed by atoms with Gasteiger partial charge in [0, 0.05) is 26.2 Å². The first kappa shape index (κ1) is 16.4. The lowest BCUT2D eigenvalue weighted by atomic mass is 9.96. The van der Waals surface area contributed by atoms with E-state index in [0.717, 1.165) is 45.5 Å². The summed E-state index contributed by atoms with van der Waals surface area (Å²) < 4.78 is 7.45. The second-order valence-electron chi connectivity index (χ2n) is 6.68. The van der Waals surface area contributed by atoms with Gasteiger partial charge in [0.1, 0.15) is 12.7 Å². The van der Waals surface area contributed by atoms with Gasteiger partial charge in [0.25, 0.3) is 0 Å². The standard InChI is InChI=1S/C16H27N5O2/c1-13(16(22)18-8-15-5-3-7-23-15)20-6-2-4-14(9-20)10-21-12-17-11-19-21/h11-15H,2-10H2,1H3,(H,18,22)/t13-,14-,15-/m1/s1. The predicted molar refractivity (Wildman–Crippen MR) is 85.8 cm³/mol. The number of likely N-dealkylation sites (tertiary alicyclic amines) is 1. The van der Waals surface area contributed by atoms with E-state index in [1.807, 2.05) is 11.6 Å². The minimum atomic E-state index is -0.0880. The van der Waals surface area contributed by atoms with Crippen molar-refractivity contribution in [3.05, 3.63) is 12.7 Å². The fourth-order valence-corrected chi connectivity index (χ4v) is 3.52. The molecule has 2 saturated heterocycles. The smallest absolute Gasteiger partial charge is 0.237 e. The van der Waals surface area contributed by atoms with E-state index in [-0.39, 0.29) is 18.1 Å². The summed E-state index contributed by atoms with van der Waals surface area (Å²) in [6.45, 7) is 6.27. The highest BCUT2D eigenvalue weighted by Gasteiger charge is 2.28. The monoisotopic (exact) mass is 321 g/mol. The molecule has 1 N–H and O–H groups in total. The van der Waals surface area contributed by atoms with Gasteiger partial charge in [-0.3, -0.25) is 14.4 Å². The highest BCUT2D eigenvalue weighted by Crippen LogP contribution is 2.20. The number of carbonyl (C=O) groups is 1. The molecule has 3 atom stereocenters. The van der Waals surface area contributed by atoms with Gasteiger partial charge >= 0.3 is 0 Å². The molecule has 23 heavy (non-hydrogen) atoms. The second-order valence-corrected chi connectivity index (χ2v) is 6.68. The average Bonchev–Trinajstić information content (AvgIpc) is 3.25. The van der Waals surface area contributed by atoms with Crippen LogP contribution in [0.4, 0.5) is 0 Å². The normalized spacial score (nSPS) is 27.0. The van der Waals surface area contributed by atoms with E-state index in [9.17, 15) is 4.79 Å². The molecule has 1 amide bonds. The molecule has 7 nitrogen and oxygen atoms in total. The number of amides is 1. The number of rotatable bonds is 6. The first-order valence-electron chi connectivity index (χ1n) is 8.68. The molecular formula is C16H27N5O2. The fourth-order valence-electron chi connectivity index (χ4n) is 3.52. The molecule has 0 spiro atoms. The van der Waals surface area contributed by atoms with Crippen LogP contribution in [0.2, 0.25) is 0 Å². The fraction of sp³-hybridized carbons (Fsp3) is 0.812. The maximum atomic E-state index is 12.4. The Balaban J connectivity index is 1.45. The number of hydrogen-bond donors (Lipinski definition) is 1. The maximum Gasteiger partial charge on any atom is 0.237 e. The van der Waals surface area contributed by atoms with Crippen LogP contribution in [0.15, 0.2) is 12.7 Å². The van der Waals surface area contributed by atoms with Crippen LogP contribution < -0.4 is 5.32 Å².